The maximum atomic E-state index is 12.1. The highest BCUT2D eigenvalue weighted by molar-refractivity contribution is 7.99. The number of likely N-dealkylation sites (tertiary alicyclic amines) is 1. The zero-order valence-electron chi connectivity index (χ0n) is 12.6. The second kappa shape index (κ2) is 7.88. The summed E-state index contributed by atoms with van der Waals surface area (Å²) in [6, 6.07) is 0. The molecule has 20 heavy (non-hydrogen) atoms. The molecule has 0 bridgehead atoms. The van der Waals surface area contributed by atoms with Gasteiger partial charge >= 0.3 is 5.97 Å². The molecule has 0 saturated carbocycles. The molecule has 1 atom stereocenters. The third kappa shape index (κ3) is 4.66. The topological polar surface area (TPSA) is 66.8 Å². The van der Waals surface area contributed by atoms with Gasteiger partial charge in [0, 0.05) is 20.2 Å². The third-order valence-electron chi connectivity index (χ3n) is 3.65. The Hall–Kier alpha value is -0.750. The summed E-state index contributed by atoms with van der Waals surface area (Å²) in [5.74, 6) is 1.22. The van der Waals surface area contributed by atoms with Crippen LogP contribution in [0.15, 0.2) is 0 Å². The van der Waals surface area contributed by atoms with Gasteiger partial charge in [-0.25, -0.2) is 0 Å². The van der Waals surface area contributed by atoms with Crippen molar-refractivity contribution in [2.24, 2.45) is 11.3 Å². The number of hydrogen-bond acceptors (Lipinski definition) is 4. The van der Waals surface area contributed by atoms with Gasteiger partial charge in [-0.15, -0.1) is 0 Å². The monoisotopic (exact) mass is 303 g/mol. The minimum absolute atomic E-state index is 0.0398. The van der Waals surface area contributed by atoms with Crippen LogP contribution in [0.3, 0.4) is 0 Å². The minimum Gasteiger partial charge on any atom is -0.481 e. The number of amides is 1. The van der Waals surface area contributed by atoms with Crippen LogP contribution >= 0.6 is 11.8 Å². The highest BCUT2D eigenvalue weighted by Crippen LogP contribution is 2.31. The molecule has 1 aliphatic rings. The van der Waals surface area contributed by atoms with E-state index in [1.54, 1.807) is 16.7 Å². The molecule has 5 nitrogen and oxygen atoms in total. The number of thioether (sulfide) groups is 1. The van der Waals surface area contributed by atoms with Crippen molar-refractivity contribution >= 4 is 23.6 Å². The Bertz CT molecular complexity index is 348. The lowest BCUT2D eigenvalue weighted by atomic mass is 9.88. The molecular weight excluding hydrogens is 278 g/mol. The molecule has 1 heterocycles. The molecule has 1 unspecified atom stereocenters. The van der Waals surface area contributed by atoms with Gasteiger partial charge in [0.25, 0.3) is 0 Å². The fourth-order valence-electron chi connectivity index (χ4n) is 2.29. The first-order valence-electron chi connectivity index (χ1n) is 6.99. The fourth-order valence-corrected chi connectivity index (χ4v) is 3.43. The lowest BCUT2D eigenvalue weighted by Crippen LogP contribution is -2.40. The molecule has 0 aromatic carbocycles. The van der Waals surface area contributed by atoms with Gasteiger partial charge in [-0.2, -0.15) is 11.8 Å². The predicted octanol–water partition coefficient (Wildman–Crippen LogP) is 1.72. The molecule has 1 aliphatic heterocycles. The Kier molecular flexibility index (Phi) is 6.82. The summed E-state index contributed by atoms with van der Waals surface area (Å²) in [6.45, 7) is 5.26. The maximum absolute atomic E-state index is 12.1. The maximum Gasteiger partial charge on any atom is 0.313 e. The van der Waals surface area contributed by atoms with E-state index in [4.69, 9.17) is 4.74 Å². The second-order valence-electron chi connectivity index (χ2n) is 5.82. The van der Waals surface area contributed by atoms with E-state index >= 15 is 0 Å². The van der Waals surface area contributed by atoms with Crippen LogP contribution in [-0.4, -0.2) is 60.2 Å². The molecule has 1 rings (SSSR count). The first-order valence-corrected chi connectivity index (χ1v) is 8.14. The molecule has 6 heteroatoms. The average Bonchev–Trinajstić information content (AvgIpc) is 2.80. The van der Waals surface area contributed by atoms with Crippen LogP contribution in [0.4, 0.5) is 0 Å². The van der Waals surface area contributed by atoms with Crippen molar-refractivity contribution in [1.29, 1.82) is 0 Å². The molecule has 1 fully saturated rings. The molecule has 1 saturated heterocycles. The number of nitrogens with zero attached hydrogens (tertiary/aromatic N) is 1. The Morgan fingerprint density at radius 1 is 1.45 bits per heavy atom. The second-order valence-corrected chi connectivity index (χ2v) is 6.92. The number of aliphatic carboxylic acids is 1. The van der Waals surface area contributed by atoms with Crippen LogP contribution in [-0.2, 0) is 14.3 Å². The molecule has 0 aliphatic carbocycles. The standard InChI is InChI=1S/C14H25NO4S/c1-11(2)4-7-20-8-12(16)15-6-5-14(9-15,10-19-3)13(17)18/h11H,4-10H2,1-3H3,(H,17,18). The summed E-state index contributed by atoms with van der Waals surface area (Å²) in [4.78, 5) is 25.1. The molecule has 1 amide bonds. The zero-order chi connectivity index (χ0) is 15.2. The van der Waals surface area contributed by atoms with Crippen molar-refractivity contribution in [1.82, 2.24) is 4.90 Å². The van der Waals surface area contributed by atoms with Gasteiger partial charge in [0.1, 0.15) is 5.41 Å². The van der Waals surface area contributed by atoms with Crippen molar-refractivity contribution in [3.8, 4) is 0 Å². The largest absolute Gasteiger partial charge is 0.481 e. The van der Waals surface area contributed by atoms with Crippen LogP contribution in [0.25, 0.3) is 0 Å². The van der Waals surface area contributed by atoms with E-state index in [-0.39, 0.29) is 19.1 Å². The molecular formula is C14H25NO4S. The van der Waals surface area contributed by atoms with Gasteiger partial charge in [-0.1, -0.05) is 13.8 Å². The van der Waals surface area contributed by atoms with E-state index in [0.29, 0.717) is 24.6 Å². The van der Waals surface area contributed by atoms with E-state index in [1.165, 1.54) is 7.11 Å². The molecule has 116 valence electrons. The Labute approximate surface area is 125 Å². The molecule has 0 aromatic heterocycles. The summed E-state index contributed by atoms with van der Waals surface area (Å²) in [7, 11) is 1.50. The first-order chi connectivity index (χ1) is 9.41. The molecule has 0 aromatic rings. The number of carbonyl (C=O) groups is 2. The summed E-state index contributed by atoms with van der Waals surface area (Å²) >= 11 is 1.63. The molecule has 0 spiro atoms. The number of methoxy groups -OCH3 is 1. The van der Waals surface area contributed by atoms with Crippen LogP contribution in [0.1, 0.15) is 26.7 Å². The van der Waals surface area contributed by atoms with Crippen LogP contribution < -0.4 is 0 Å². The van der Waals surface area contributed by atoms with E-state index < -0.39 is 11.4 Å². The lowest BCUT2D eigenvalue weighted by molar-refractivity contribution is -0.151. The Balaban J connectivity index is 2.42. The highest BCUT2D eigenvalue weighted by atomic mass is 32.2. The van der Waals surface area contributed by atoms with E-state index in [2.05, 4.69) is 13.8 Å². The normalized spacial score (nSPS) is 22.5. The van der Waals surface area contributed by atoms with Crippen LogP contribution in [0.5, 0.6) is 0 Å². The Morgan fingerprint density at radius 3 is 2.70 bits per heavy atom. The zero-order valence-corrected chi connectivity index (χ0v) is 13.4. The van der Waals surface area contributed by atoms with Crippen LogP contribution in [0, 0.1) is 11.3 Å². The number of hydrogen-bond donors (Lipinski definition) is 1. The van der Waals surface area contributed by atoms with Gasteiger partial charge in [-0.3, -0.25) is 9.59 Å². The molecule has 1 N–H and O–H groups in total. The summed E-state index contributed by atoms with van der Waals surface area (Å²) in [5.41, 5.74) is -0.924. The number of carbonyl (C=O) groups excluding carboxylic acids is 1. The van der Waals surface area contributed by atoms with E-state index in [1.807, 2.05) is 0 Å². The Morgan fingerprint density at radius 2 is 2.15 bits per heavy atom. The smallest absolute Gasteiger partial charge is 0.313 e. The number of carboxylic acid groups (broad SMARTS) is 1. The summed E-state index contributed by atoms with van der Waals surface area (Å²) in [5, 5.41) is 9.35. The van der Waals surface area contributed by atoms with Gasteiger partial charge in [0.05, 0.1) is 12.4 Å². The van der Waals surface area contributed by atoms with Crippen molar-refractivity contribution in [2.45, 2.75) is 26.7 Å². The van der Waals surface area contributed by atoms with E-state index in [9.17, 15) is 14.7 Å². The average molecular weight is 303 g/mol. The van der Waals surface area contributed by atoms with Crippen LogP contribution in [0.2, 0.25) is 0 Å². The fraction of sp³-hybridized carbons (Fsp3) is 0.857. The van der Waals surface area contributed by atoms with Crippen molar-refractivity contribution in [3.05, 3.63) is 0 Å². The van der Waals surface area contributed by atoms with Gasteiger partial charge in [0.2, 0.25) is 5.91 Å². The highest BCUT2D eigenvalue weighted by Gasteiger charge is 2.46. The quantitative estimate of drug-likeness (QED) is 0.692. The number of carboxylic acids is 1. The van der Waals surface area contributed by atoms with Crippen molar-refractivity contribution < 1.29 is 19.4 Å². The third-order valence-corrected chi connectivity index (χ3v) is 4.62. The van der Waals surface area contributed by atoms with Crippen molar-refractivity contribution in [3.63, 3.8) is 0 Å². The predicted molar refractivity (Wildman–Crippen MR) is 79.9 cm³/mol. The first kappa shape index (κ1) is 17.3. The van der Waals surface area contributed by atoms with Gasteiger partial charge < -0.3 is 14.7 Å². The molecule has 0 radical (unpaired) electrons. The van der Waals surface area contributed by atoms with Gasteiger partial charge in [-0.05, 0) is 24.5 Å². The SMILES string of the molecule is COCC1(C(=O)O)CCN(C(=O)CSCCC(C)C)C1. The number of ether oxygens (including phenoxy) is 1. The van der Waals surface area contributed by atoms with Crippen molar-refractivity contribution in [2.75, 3.05) is 38.3 Å². The lowest BCUT2D eigenvalue weighted by Gasteiger charge is -2.23. The van der Waals surface area contributed by atoms with Gasteiger partial charge in [0.15, 0.2) is 0 Å². The van der Waals surface area contributed by atoms with E-state index in [0.717, 1.165) is 12.2 Å². The summed E-state index contributed by atoms with van der Waals surface area (Å²) < 4.78 is 5.02. The summed E-state index contributed by atoms with van der Waals surface area (Å²) in [6.07, 6.45) is 1.57. The number of rotatable bonds is 8. The minimum atomic E-state index is -0.924.